The zero-order chi connectivity index (χ0) is 15.2. The van der Waals surface area contributed by atoms with Crippen molar-refractivity contribution in [1.82, 2.24) is 5.32 Å². The minimum atomic E-state index is 0.383. The van der Waals surface area contributed by atoms with Gasteiger partial charge in [-0.1, -0.05) is 28.9 Å². The number of hydrogen-bond acceptors (Lipinski definition) is 3. The van der Waals surface area contributed by atoms with Crippen molar-refractivity contribution in [2.45, 2.75) is 45.3 Å². The Labute approximate surface area is 137 Å². The van der Waals surface area contributed by atoms with Crippen LogP contribution < -0.4 is 10.2 Å². The lowest BCUT2D eigenvalue weighted by Gasteiger charge is -2.35. The molecular weight excluding hydrogens is 328 g/mol. The van der Waals surface area contributed by atoms with E-state index in [1.54, 1.807) is 0 Å². The Morgan fingerprint density at radius 2 is 2.10 bits per heavy atom. The van der Waals surface area contributed by atoms with Gasteiger partial charge in [0.25, 0.3) is 0 Å². The topological polar surface area (TPSA) is 24.5 Å². The number of piperidine rings is 1. The lowest BCUT2D eigenvalue weighted by molar-refractivity contribution is 0.0819. The number of rotatable bonds is 6. The molecule has 0 radical (unpaired) electrons. The van der Waals surface area contributed by atoms with Gasteiger partial charge >= 0.3 is 0 Å². The Hall–Kier alpha value is -0.580. The van der Waals surface area contributed by atoms with Crippen LogP contribution in [0.2, 0.25) is 0 Å². The highest BCUT2D eigenvalue weighted by Crippen LogP contribution is 2.32. The fraction of sp³-hybridized carbons (Fsp3) is 0.647. The lowest BCUT2D eigenvalue weighted by Crippen LogP contribution is -2.37. The van der Waals surface area contributed by atoms with Crippen LogP contribution in [0.5, 0.6) is 0 Å². The summed E-state index contributed by atoms with van der Waals surface area (Å²) in [7, 11) is 1.82. The molecule has 0 aliphatic carbocycles. The molecule has 1 atom stereocenters. The van der Waals surface area contributed by atoms with Gasteiger partial charge in [-0.2, -0.15) is 0 Å². The molecule has 3 nitrogen and oxygen atoms in total. The zero-order valence-electron chi connectivity index (χ0n) is 13.4. The first-order valence-electron chi connectivity index (χ1n) is 7.96. The van der Waals surface area contributed by atoms with Gasteiger partial charge in [0.1, 0.15) is 0 Å². The van der Waals surface area contributed by atoms with E-state index in [1.165, 1.54) is 11.3 Å². The van der Waals surface area contributed by atoms with Gasteiger partial charge < -0.3 is 15.0 Å². The molecule has 0 saturated carbocycles. The zero-order valence-corrected chi connectivity index (χ0v) is 14.9. The van der Waals surface area contributed by atoms with E-state index in [9.17, 15) is 0 Å². The van der Waals surface area contributed by atoms with Crippen LogP contribution in [-0.4, -0.2) is 32.8 Å². The van der Waals surface area contributed by atoms with Crippen LogP contribution in [0.15, 0.2) is 22.7 Å². The second-order valence-electron chi connectivity index (χ2n) is 5.80. The molecule has 1 aliphatic rings. The Morgan fingerprint density at radius 1 is 1.38 bits per heavy atom. The van der Waals surface area contributed by atoms with Crippen LogP contribution in [0.4, 0.5) is 5.69 Å². The molecule has 21 heavy (non-hydrogen) atoms. The summed E-state index contributed by atoms with van der Waals surface area (Å²) in [6.45, 7) is 7.66. The Kier molecular flexibility index (Phi) is 6.52. The highest BCUT2D eigenvalue weighted by atomic mass is 79.9. The van der Waals surface area contributed by atoms with Crippen molar-refractivity contribution in [3.05, 3.63) is 28.2 Å². The molecule has 1 fully saturated rings. The van der Waals surface area contributed by atoms with E-state index < -0.39 is 0 Å². The predicted octanol–water partition coefficient (Wildman–Crippen LogP) is 4.12. The summed E-state index contributed by atoms with van der Waals surface area (Å²) in [5.41, 5.74) is 2.75. The summed E-state index contributed by atoms with van der Waals surface area (Å²) in [5, 5.41) is 3.60. The summed E-state index contributed by atoms with van der Waals surface area (Å²) < 4.78 is 6.63. The summed E-state index contributed by atoms with van der Waals surface area (Å²) in [5.74, 6) is 0. The molecular formula is C17H27BrN2O. The van der Waals surface area contributed by atoms with E-state index in [-0.39, 0.29) is 0 Å². The normalized spacial score (nSPS) is 18.0. The van der Waals surface area contributed by atoms with Gasteiger partial charge in [-0.25, -0.2) is 0 Å². The average Bonchev–Trinajstić information content (AvgIpc) is 2.52. The Morgan fingerprint density at radius 3 is 2.71 bits per heavy atom. The van der Waals surface area contributed by atoms with Crippen LogP contribution in [0, 0.1) is 0 Å². The summed E-state index contributed by atoms with van der Waals surface area (Å²) >= 11 is 3.62. The van der Waals surface area contributed by atoms with E-state index in [1.807, 2.05) is 7.11 Å². The third kappa shape index (κ3) is 4.44. The highest BCUT2D eigenvalue weighted by Gasteiger charge is 2.22. The van der Waals surface area contributed by atoms with Gasteiger partial charge in [0.05, 0.1) is 6.10 Å². The highest BCUT2D eigenvalue weighted by molar-refractivity contribution is 9.10. The van der Waals surface area contributed by atoms with Gasteiger partial charge in [-0.3, -0.25) is 0 Å². The maximum atomic E-state index is 5.48. The SMILES string of the molecule is CCCNC(C)c1ccc(Br)cc1N1CCC(OC)CC1. The van der Waals surface area contributed by atoms with Crippen molar-refractivity contribution < 1.29 is 4.74 Å². The summed E-state index contributed by atoms with van der Waals surface area (Å²) in [4.78, 5) is 2.50. The number of anilines is 1. The minimum Gasteiger partial charge on any atom is -0.381 e. The molecule has 0 amide bonds. The molecule has 4 heteroatoms. The number of ether oxygens (including phenoxy) is 1. The van der Waals surface area contributed by atoms with Crippen LogP contribution in [0.25, 0.3) is 0 Å². The van der Waals surface area contributed by atoms with E-state index >= 15 is 0 Å². The van der Waals surface area contributed by atoms with Crippen LogP contribution in [0.1, 0.15) is 44.7 Å². The fourth-order valence-electron chi connectivity index (χ4n) is 2.96. The van der Waals surface area contributed by atoms with Crippen molar-refractivity contribution in [3.8, 4) is 0 Å². The predicted molar refractivity (Wildman–Crippen MR) is 93.1 cm³/mol. The van der Waals surface area contributed by atoms with Gasteiger partial charge in [0, 0.05) is 36.4 Å². The van der Waals surface area contributed by atoms with E-state index in [0.717, 1.165) is 43.4 Å². The van der Waals surface area contributed by atoms with Gasteiger partial charge in [0.15, 0.2) is 0 Å². The molecule has 0 aromatic heterocycles. The summed E-state index contributed by atoms with van der Waals surface area (Å²) in [6.07, 6.45) is 3.81. The van der Waals surface area contributed by atoms with Gasteiger partial charge in [-0.05, 0) is 50.4 Å². The number of nitrogens with one attached hydrogen (secondary N) is 1. The molecule has 1 heterocycles. The third-order valence-electron chi connectivity index (χ3n) is 4.28. The molecule has 1 saturated heterocycles. The number of methoxy groups -OCH3 is 1. The minimum absolute atomic E-state index is 0.383. The monoisotopic (exact) mass is 354 g/mol. The first-order chi connectivity index (χ1) is 10.2. The molecule has 2 rings (SSSR count). The lowest BCUT2D eigenvalue weighted by atomic mass is 10.0. The number of nitrogens with zero attached hydrogens (tertiary/aromatic N) is 1. The van der Waals surface area contributed by atoms with Gasteiger partial charge in [0.2, 0.25) is 0 Å². The standard InChI is InChI=1S/C17H27BrN2O/c1-4-9-19-13(2)16-6-5-14(18)12-17(16)20-10-7-15(21-3)8-11-20/h5-6,12-13,15,19H,4,7-11H2,1-3H3. The largest absolute Gasteiger partial charge is 0.381 e. The van der Waals surface area contributed by atoms with Crippen molar-refractivity contribution >= 4 is 21.6 Å². The molecule has 118 valence electrons. The van der Waals surface area contributed by atoms with Crippen molar-refractivity contribution in [1.29, 1.82) is 0 Å². The quantitative estimate of drug-likeness (QED) is 0.831. The Balaban J connectivity index is 2.15. The van der Waals surface area contributed by atoms with E-state index in [2.05, 4.69) is 58.2 Å². The third-order valence-corrected chi connectivity index (χ3v) is 4.77. The number of hydrogen-bond donors (Lipinski definition) is 1. The van der Waals surface area contributed by atoms with E-state index in [0.29, 0.717) is 12.1 Å². The number of benzene rings is 1. The Bertz CT molecular complexity index is 444. The second kappa shape index (κ2) is 8.16. The maximum Gasteiger partial charge on any atom is 0.0605 e. The van der Waals surface area contributed by atoms with Crippen molar-refractivity contribution in [3.63, 3.8) is 0 Å². The first-order valence-corrected chi connectivity index (χ1v) is 8.75. The molecule has 1 unspecified atom stereocenters. The maximum absolute atomic E-state index is 5.48. The second-order valence-corrected chi connectivity index (χ2v) is 6.72. The van der Waals surface area contributed by atoms with Gasteiger partial charge in [-0.15, -0.1) is 0 Å². The fourth-order valence-corrected chi connectivity index (χ4v) is 3.31. The first kappa shape index (κ1) is 16.8. The number of halogens is 1. The van der Waals surface area contributed by atoms with Crippen LogP contribution >= 0.6 is 15.9 Å². The molecule has 0 spiro atoms. The molecule has 1 N–H and O–H groups in total. The molecule has 1 aromatic rings. The molecule has 1 aliphatic heterocycles. The van der Waals surface area contributed by atoms with Crippen LogP contribution in [0.3, 0.4) is 0 Å². The van der Waals surface area contributed by atoms with E-state index in [4.69, 9.17) is 4.74 Å². The van der Waals surface area contributed by atoms with Crippen molar-refractivity contribution in [2.24, 2.45) is 0 Å². The molecule has 0 bridgehead atoms. The van der Waals surface area contributed by atoms with Crippen molar-refractivity contribution in [2.75, 3.05) is 31.6 Å². The smallest absolute Gasteiger partial charge is 0.0605 e. The molecule has 1 aromatic carbocycles. The summed E-state index contributed by atoms with van der Waals surface area (Å²) in [6, 6.07) is 7.03. The van der Waals surface area contributed by atoms with Crippen LogP contribution in [-0.2, 0) is 4.74 Å². The average molecular weight is 355 g/mol.